The molecule has 1 aliphatic carbocycles. The molecule has 2 aromatic heterocycles. The summed E-state index contributed by atoms with van der Waals surface area (Å²) >= 11 is 1.47. The van der Waals surface area contributed by atoms with Crippen molar-refractivity contribution in [2.24, 2.45) is 0 Å². The van der Waals surface area contributed by atoms with Gasteiger partial charge in [0.1, 0.15) is 4.88 Å². The molecule has 0 saturated carbocycles. The predicted molar refractivity (Wildman–Crippen MR) is 115 cm³/mol. The first-order valence-corrected chi connectivity index (χ1v) is 11.5. The third-order valence-corrected chi connectivity index (χ3v) is 7.84. The van der Waals surface area contributed by atoms with Crippen LogP contribution in [0.25, 0.3) is 0 Å². The van der Waals surface area contributed by atoms with Gasteiger partial charge < -0.3 is 14.5 Å². The van der Waals surface area contributed by atoms with Gasteiger partial charge in [-0.1, -0.05) is 0 Å². The van der Waals surface area contributed by atoms with Gasteiger partial charge in [0.2, 0.25) is 5.95 Å². The number of aromatic amines is 1. The number of morpholine rings is 1. The molecule has 2 aromatic rings. The largest absolute Gasteiger partial charge is 0.378 e. The topological polar surface area (TPSA) is 91.4 Å². The number of nitrogens with one attached hydrogen (secondary N) is 1. The molecule has 1 amide bonds. The Morgan fingerprint density at radius 3 is 2.50 bits per heavy atom. The second kappa shape index (κ2) is 7.46. The van der Waals surface area contributed by atoms with E-state index in [1.165, 1.54) is 11.3 Å². The van der Waals surface area contributed by atoms with E-state index < -0.39 is 0 Å². The molecule has 2 fully saturated rings. The summed E-state index contributed by atoms with van der Waals surface area (Å²) in [7, 11) is 0. The van der Waals surface area contributed by atoms with E-state index in [2.05, 4.69) is 14.9 Å². The molecular formula is C21H27N5O3S. The first kappa shape index (κ1) is 19.7. The number of ether oxygens (including phenoxy) is 1. The second-order valence-corrected chi connectivity index (χ2v) is 9.74. The minimum Gasteiger partial charge on any atom is -0.378 e. The molecule has 160 valence electrons. The van der Waals surface area contributed by atoms with Crippen LogP contribution in [0.2, 0.25) is 0 Å². The van der Waals surface area contributed by atoms with E-state index in [9.17, 15) is 9.59 Å². The summed E-state index contributed by atoms with van der Waals surface area (Å²) in [6.45, 7) is 8.00. The van der Waals surface area contributed by atoms with E-state index in [1.54, 1.807) is 0 Å². The van der Waals surface area contributed by atoms with Crippen LogP contribution in [0.1, 0.15) is 50.9 Å². The lowest BCUT2D eigenvalue weighted by Gasteiger charge is -2.39. The number of likely N-dealkylation sites (tertiary alicyclic amines) is 1. The van der Waals surface area contributed by atoms with Crippen molar-refractivity contribution >= 4 is 23.2 Å². The smallest absolute Gasteiger partial charge is 0.265 e. The lowest BCUT2D eigenvalue weighted by atomic mass is 9.76. The standard InChI is InChI=1S/C21H27N5O3S/c1-13-16(30-14(2)22-13)19(28)25-7-5-21(6-8-25)4-3-15-17(21)23-20(24-18(15)27)26-9-11-29-12-10-26/h3-12H2,1-2H3,(H,23,24,27). The van der Waals surface area contributed by atoms with Crippen molar-refractivity contribution in [3.05, 3.63) is 37.2 Å². The van der Waals surface area contributed by atoms with Gasteiger partial charge in [-0.2, -0.15) is 0 Å². The Kier molecular flexibility index (Phi) is 4.89. The molecule has 2 aliphatic heterocycles. The number of hydrogen-bond donors (Lipinski definition) is 1. The zero-order valence-electron chi connectivity index (χ0n) is 17.5. The molecule has 2 saturated heterocycles. The quantitative estimate of drug-likeness (QED) is 0.783. The highest BCUT2D eigenvalue weighted by Gasteiger charge is 2.45. The highest BCUT2D eigenvalue weighted by atomic mass is 32.1. The Labute approximate surface area is 179 Å². The molecule has 0 radical (unpaired) electrons. The molecule has 1 N–H and O–H groups in total. The van der Waals surface area contributed by atoms with Crippen LogP contribution >= 0.6 is 11.3 Å². The van der Waals surface area contributed by atoms with Crippen molar-refractivity contribution in [1.82, 2.24) is 19.9 Å². The molecule has 4 heterocycles. The normalized spacial score (nSPS) is 20.6. The Bertz CT molecular complexity index is 1030. The van der Waals surface area contributed by atoms with Crippen LogP contribution in [0.3, 0.4) is 0 Å². The second-order valence-electron chi connectivity index (χ2n) is 8.54. The average Bonchev–Trinajstić information content (AvgIpc) is 3.28. The van der Waals surface area contributed by atoms with Gasteiger partial charge in [-0.25, -0.2) is 9.97 Å². The van der Waals surface area contributed by atoms with Crippen molar-refractivity contribution in [3.8, 4) is 0 Å². The van der Waals surface area contributed by atoms with Crippen LogP contribution in [-0.2, 0) is 16.6 Å². The number of rotatable bonds is 2. The number of carbonyl (C=O) groups excluding carboxylic acids is 1. The highest BCUT2D eigenvalue weighted by molar-refractivity contribution is 7.13. The van der Waals surface area contributed by atoms with E-state index in [0.717, 1.165) is 65.6 Å². The fraction of sp³-hybridized carbons (Fsp3) is 0.619. The lowest BCUT2D eigenvalue weighted by molar-refractivity contribution is 0.0667. The molecule has 0 atom stereocenters. The third kappa shape index (κ3) is 3.24. The summed E-state index contributed by atoms with van der Waals surface area (Å²) in [5.41, 5.74) is 2.51. The summed E-state index contributed by atoms with van der Waals surface area (Å²) in [5.74, 6) is 0.747. The van der Waals surface area contributed by atoms with Crippen LogP contribution in [0.5, 0.6) is 0 Å². The number of aromatic nitrogens is 3. The van der Waals surface area contributed by atoms with Crippen LogP contribution < -0.4 is 10.5 Å². The maximum Gasteiger partial charge on any atom is 0.265 e. The summed E-state index contributed by atoms with van der Waals surface area (Å²) in [6, 6.07) is 0. The van der Waals surface area contributed by atoms with Crippen molar-refractivity contribution in [3.63, 3.8) is 0 Å². The fourth-order valence-electron chi connectivity index (χ4n) is 5.06. The molecule has 30 heavy (non-hydrogen) atoms. The van der Waals surface area contributed by atoms with E-state index in [4.69, 9.17) is 9.72 Å². The maximum absolute atomic E-state index is 13.0. The molecular weight excluding hydrogens is 402 g/mol. The molecule has 8 nitrogen and oxygen atoms in total. The van der Waals surface area contributed by atoms with Crippen LogP contribution in [0.15, 0.2) is 4.79 Å². The van der Waals surface area contributed by atoms with Crippen molar-refractivity contribution in [2.45, 2.75) is 44.9 Å². The number of nitrogens with zero attached hydrogens (tertiary/aromatic N) is 4. The number of piperidine rings is 1. The first-order chi connectivity index (χ1) is 14.5. The average molecular weight is 430 g/mol. The molecule has 0 unspecified atom stereocenters. The summed E-state index contributed by atoms with van der Waals surface area (Å²) < 4.78 is 5.43. The summed E-state index contributed by atoms with van der Waals surface area (Å²) in [5, 5.41) is 0.924. The first-order valence-electron chi connectivity index (χ1n) is 10.7. The summed E-state index contributed by atoms with van der Waals surface area (Å²) in [6.07, 6.45) is 3.40. The Balaban J connectivity index is 1.38. The van der Waals surface area contributed by atoms with Crippen LogP contribution in [0, 0.1) is 13.8 Å². The number of thiazole rings is 1. The van der Waals surface area contributed by atoms with Crippen molar-refractivity contribution in [1.29, 1.82) is 0 Å². The maximum atomic E-state index is 13.0. The predicted octanol–water partition coefficient (Wildman–Crippen LogP) is 1.80. The number of aryl methyl sites for hydroxylation is 2. The Morgan fingerprint density at radius 1 is 1.10 bits per heavy atom. The number of anilines is 1. The minimum absolute atomic E-state index is 0.00682. The molecule has 0 aromatic carbocycles. The molecule has 9 heteroatoms. The molecule has 0 bridgehead atoms. The van der Waals surface area contributed by atoms with Gasteiger partial charge in [-0.05, 0) is 39.5 Å². The zero-order chi connectivity index (χ0) is 20.9. The zero-order valence-corrected chi connectivity index (χ0v) is 18.3. The monoisotopic (exact) mass is 429 g/mol. The third-order valence-electron chi connectivity index (χ3n) is 6.78. The van der Waals surface area contributed by atoms with Crippen molar-refractivity contribution in [2.75, 3.05) is 44.3 Å². The molecule has 1 spiro atoms. The number of carbonyl (C=O) groups is 1. The van der Waals surface area contributed by atoms with E-state index in [0.29, 0.717) is 32.3 Å². The fourth-order valence-corrected chi connectivity index (χ4v) is 5.95. The Morgan fingerprint density at radius 2 is 1.83 bits per heavy atom. The van der Waals surface area contributed by atoms with Gasteiger partial charge in [-0.3, -0.25) is 14.6 Å². The highest BCUT2D eigenvalue weighted by Crippen LogP contribution is 2.45. The van der Waals surface area contributed by atoms with E-state index in [1.807, 2.05) is 18.7 Å². The van der Waals surface area contributed by atoms with Crippen LogP contribution in [-0.4, -0.2) is 65.2 Å². The number of amides is 1. The molecule has 5 rings (SSSR count). The minimum atomic E-state index is -0.0972. The van der Waals surface area contributed by atoms with Crippen LogP contribution in [0.4, 0.5) is 5.95 Å². The van der Waals surface area contributed by atoms with Gasteiger partial charge in [0.15, 0.2) is 0 Å². The number of fused-ring (bicyclic) bond motifs is 2. The molecule has 3 aliphatic rings. The van der Waals surface area contributed by atoms with E-state index in [-0.39, 0.29) is 16.9 Å². The SMILES string of the molecule is Cc1nc(C)c(C(=O)N2CCC3(CCc4c3nc(N3CCOCC3)[nH]c4=O)CC2)s1. The summed E-state index contributed by atoms with van der Waals surface area (Å²) in [4.78, 5) is 42.9. The Hall–Kier alpha value is -2.26. The van der Waals surface area contributed by atoms with Gasteiger partial charge >= 0.3 is 0 Å². The lowest BCUT2D eigenvalue weighted by Crippen LogP contribution is -2.45. The van der Waals surface area contributed by atoms with Gasteiger partial charge in [-0.15, -0.1) is 11.3 Å². The number of H-pyrrole nitrogens is 1. The van der Waals surface area contributed by atoms with Crippen molar-refractivity contribution < 1.29 is 9.53 Å². The van der Waals surface area contributed by atoms with Gasteiger partial charge in [0, 0.05) is 37.2 Å². The van der Waals surface area contributed by atoms with Gasteiger partial charge in [0.05, 0.1) is 29.6 Å². The van der Waals surface area contributed by atoms with E-state index >= 15 is 0 Å². The van der Waals surface area contributed by atoms with Gasteiger partial charge in [0.25, 0.3) is 11.5 Å². The number of hydrogen-bond acceptors (Lipinski definition) is 7.